The van der Waals surface area contributed by atoms with Crippen LogP contribution < -0.4 is 5.32 Å². The number of benzene rings is 1. The van der Waals surface area contributed by atoms with Crippen LogP contribution in [0.5, 0.6) is 0 Å². The number of nitrogens with zero attached hydrogens (tertiary/aromatic N) is 1. The number of esters is 1. The van der Waals surface area contributed by atoms with Gasteiger partial charge in [-0.2, -0.15) is 0 Å². The number of thioether (sulfide) groups is 1. The maximum Gasteiger partial charge on any atom is 0.337 e. The molecule has 0 fully saturated rings. The Bertz CT molecular complexity index is 660. The van der Waals surface area contributed by atoms with Crippen molar-refractivity contribution in [2.75, 3.05) is 18.2 Å². The van der Waals surface area contributed by atoms with Gasteiger partial charge in [-0.1, -0.05) is 11.8 Å². The predicted molar refractivity (Wildman–Crippen MR) is 83.1 cm³/mol. The van der Waals surface area contributed by atoms with Crippen molar-refractivity contribution in [2.24, 2.45) is 0 Å². The zero-order valence-corrected chi connectivity index (χ0v) is 13.3. The van der Waals surface area contributed by atoms with E-state index in [-0.39, 0.29) is 11.7 Å². The normalized spacial score (nSPS) is 10.3. The number of hydrogen-bond acceptors (Lipinski definition) is 6. The van der Waals surface area contributed by atoms with E-state index in [4.69, 9.17) is 4.42 Å². The number of amides is 1. The summed E-state index contributed by atoms with van der Waals surface area (Å²) in [5.74, 6) is 0.353. The third kappa shape index (κ3) is 4.11. The van der Waals surface area contributed by atoms with Crippen molar-refractivity contribution in [3.63, 3.8) is 0 Å². The summed E-state index contributed by atoms with van der Waals surface area (Å²) >= 11 is 1.23. The zero-order chi connectivity index (χ0) is 16.1. The first-order valence-electron chi connectivity index (χ1n) is 6.54. The van der Waals surface area contributed by atoms with Gasteiger partial charge in [0.15, 0.2) is 0 Å². The predicted octanol–water partition coefficient (Wildman–Crippen LogP) is 2.81. The summed E-state index contributed by atoms with van der Waals surface area (Å²) in [5.41, 5.74) is 1.86. The van der Waals surface area contributed by atoms with Crippen molar-refractivity contribution in [2.45, 2.75) is 19.1 Å². The van der Waals surface area contributed by atoms with Gasteiger partial charge in [-0.3, -0.25) is 4.79 Å². The van der Waals surface area contributed by atoms with Crippen molar-refractivity contribution in [3.8, 4) is 0 Å². The quantitative estimate of drug-likeness (QED) is 0.674. The van der Waals surface area contributed by atoms with Crippen LogP contribution in [0.2, 0.25) is 0 Å². The second-order valence-electron chi connectivity index (χ2n) is 4.53. The fraction of sp³-hybridized carbons (Fsp3) is 0.267. The number of ether oxygens (including phenoxy) is 1. The summed E-state index contributed by atoms with van der Waals surface area (Å²) in [6.07, 6.45) is 0. The van der Waals surface area contributed by atoms with Crippen molar-refractivity contribution >= 4 is 29.3 Å². The molecule has 0 atom stereocenters. The van der Waals surface area contributed by atoms with Crippen LogP contribution in [0.1, 0.15) is 21.8 Å². The number of carbonyl (C=O) groups is 2. The molecule has 0 aliphatic carbocycles. The smallest absolute Gasteiger partial charge is 0.337 e. The Morgan fingerprint density at radius 2 is 1.95 bits per heavy atom. The minimum Gasteiger partial charge on any atom is -0.465 e. The highest BCUT2D eigenvalue weighted by atomic mass is 32.2. The lowest BCUT2D eigenvalue weighted by molar-refractivity contribution is -0.113. The maximum absolute atomic E-state index is 11.9. The molecule has 0 aliphatic heterocycles. The molecule has 0 bridgehead atoms. The van der Waals surface area contributed by atoms with E-state index in [0.29, 0.717) is 16.5 Å². The Labute approximate surface area is 132 Å². The van der Waals surface area contributed by atoms with E-state index in [2.05, 4.69) is 15.0 Å². The van der Waals surface area contributed by atoms with Gasteiger partial charge in [0, 0.05) is 5.69 Å². The molecule has 0 radical (unpaired) electrons. The molecule has 0 unspecified atom stereocenters. The Hall–Kier alpha value is -2.28. The highest BCUT2D eigenvalue weighted by Crippen LogP contribution is 2.20. The summed E-state index contributed by atoms with van der Waals surface area (Å²) in [6.45, 7) is 3.68. The van der Waals surface area contributed by atoms with Crippen LogP contribution in [-0.2, 0) is 9.53 Å². The second kappa shape index (κ2) is 7.13. The number of hydrogen-bond donors (Lipinski definition) is 1. The summed E-state index contributed by atoms with van der Waals surface area (Å²) < 4.78 is 10.00. The SMILES string of the molecule is COC(=O)c1ccc(NC(=O)CSc2nc(C)c(C)o2)cc1. The van der Waals surface area contributed by atoms with Crippen LogP contribution in [-0.4, -0.2) is 29.7 Å². The van der Waals surface area contributed by atoms with E-state index in [9.17, 15) is 9.59 Å². The van der Waals surface area contributed by atoms with Crippen LogP contribution in [0, 0.1) is 13.8 Å². The first-order chi connectivity index (χ1) is 10.5. The summed E-state index contributed by atoms with van der Waals surface area (Å²) in [4.78, 5) is 27.4. The molecule has 0 spiro atoms. The number of oxazole rings is 1. The Kier molecular flexibility index (Phi) is 5.21. The average Bonchev–Trinajstić information content (AvgIpc) is 2.84. The fourth-order valence-corrected chi connectivity index (χ4v) is 2.35. The van der Waals surface area contributed by atoms with Gasteiger partial charge in [0.1, 0.15) is 5.76 Å². The molecule has 0 aliphatic rings. The van der Waals surface area contributed by atoms with Gasteiger partial charge in [0.05, 0.1) is 24.1 Å². The van der Waals surface area contributed by atoms with Crippen molar-refractivity contribution in [1.29, 1.82) is 0 Å². The molecule has 7 heteroatoms. The van der Waals surface area contributed by atoms with E-state index in [0.717, 1.165) is 11.5 Å². The van der Waals surface area contributed by atoms with Crippen LogP contribution >= 0.6 is 11.8 Å². The first kappa shape index (κ1) is 16.1. The lowest BCUT2D eigenvalue weighted by Crippen LogP contribution is -2.14. The standard InChI is InChI=1S/C15H16N2O4S/c1-9-10(2)21-15(16-9)22-8-13(18)17-12-6-4-11(5-7-12)14(19)20-3/h4-7H,8H2,1-3H3,(H,17,18). The second-order valence-corrected chi connectivity index (χ2v) is 5.45. The number of rotatable bonds is 5. The van der Waals surface area contributed by atoms with Crippen molar-refractivity contribution in [1.82, 2.24) is 4.98 Å². The zero-order valence-electron chi connectivity index (χ0n) is 12.5. The molecule has 1 aromatic carbocycles. The molecule has 22 heavy (non-hydrogen) atoms. The van der Waals surface area contributed by atoms with E-state index >= 15 is 0 Å². The van der Waals surface area contributed by atoms with Crippen LogP contribution in [0.3, 0.4) is 0 Å². The molecule has 116 valence electrons. The highest BCUT2D eigenvalue weighted by Gasteiger charge is 2.10. The van der Waals surface area contributed by atoms with E-state index in [1.54, 1.807) is 24.3 Å². The number of aryl methyl sites for hydroxylation is 2. The summed E-state index contributed by atoms with van der Waals surface area (Å²) in [5, 5.41) is 3.21. The van der Waals surface area contributed by atoms with Crippen molar-refractivity contribution < 1.29 is 18.7 Å². The maximum atomic E-state index is 11.9. The Morgan fingerprint density at radius 1 is 1.27 bits per heavy atom. The van der Waals surface area contributed by atoms with Crippen LogP contribution in [0.4, 0.5) is 5.69 Å². The molecule has 1 aromatic heterocycles. The molecule has 0 saturated heterocycles. The topological polar surface area (TPSA) is 81.4 Å². The van der Waals surface area contributed by atoms with Gasteiger partial charge in [-0.25, -0.2) is 9.78 Å². The van der Waals surface area contributed by atoms with Gasteiger partial charge >= 0.3 is 5.97 Å². The molecule has 1 heterocycles. The summed E-state index contributed by atoms with van der Waals surface area (Å²) in [6, 6.07) is 6.48. The average molecular weight is 320 g/mol. The minimum atomic E-state index is -0.414. The Balaban J connectivity index is 1.87. The van der Waals surface area contributed by atoms with E-state index < -0.39 is 5.97 Å². The number of methoxy groups -OCH3 is 1. The fourth-order valence-electron chi connectivity index (χ4n) is 1.64. The third-order valence-electron chi connectivity index (χ3n) is 2.93. The number of nitrogens with one attached hydrogen (secondary N) is 1. The lowest BCUT2D eigenvalue weighted by Gasteiger charge is -2.05. The molecule has 0 saturated carbocycles. The molecular formula is C15H16N2O4S. The van der Waals surface area contributed by atoms with Crippen LogP contribution in [0.15, 0.2) is 33.9 Å². The van der Waals surface area contributed by atoms with Crippen LogP contribution in [0.25, 0.3) is 0 Å². The first-order valence-corrected chi connectivity index (χ1v) is 7.53. The van der Waals surface area contributed by atoms with Gasteiger partial charge < -0.3 is 14.5 Å². The van der Waals surface area contributed by atoms with Gasteiger partial charge in [0.25, 0.3) is 5.22 Å². The van der Waals surface area contributed by atoms with E-state index in [1.165, 1.54) is 18.9 Å². The highest BCUT2D eigenvalue weighted by molar-refractivity contribution is 7.99. The molecular weight excluding hydrogens is 304 g/mol. The van der Waals surface area contributed by atoms with E-state index in [1.807, 2.05) is 13.8 Å². The molecule has 1 amide bonds. The van der Waals surface area contributed by atoms with Crippen molar-refractivity contribution in [3.05, 3.63) is 41.3 Å². The number of anilines is 1. The minimum absolute atomic E-state index is 0.177. The number of aromatic nitrogens is 1. The monoisotopic (exact) mass is 320 g/mol. The lowest BCUT2D eigenvalue weighted by atomic mass is 10.2. The number of carbonyl (C=O) groups excluding carboxylic acids is 2. The Morgan fingerprint density at radius 3 is 2.50 bits per heavy atom. The van der Waals surface area contributed by atoms with Gasteiger partial charge in [-0.15, -0.1) is 0 Å². The largest absolute Gasteiger partial charge is 0.465 e. The third-order valence-corrected chi connectivity index (χ3v) is 3.75. The summed E-state index contributed by atoms with van der Waals surface area (Å²) in [7, 11) is 1.32. The molecule has 2 rings (SSSR count). The molecule has 6 nitrogen and oxygen atoms in total. The van der Waals surface area contributed by atoms with Gasteiger partial charge in [-0.05, 0) is 38.1 Å². The molecule has 2 aromatic rings. The van der Waals surface area contributed by atoms with Gasteiger partial charge in [0.2, 0.25) is 5.91 Å². The molecule has 1 N–H and O–H groups in total.